The van der Waals surface area contributed by atoms with Crippen LogP contribution in [0.2, 0.25) is 0 Å². The molecule has 7 heteroatoms. The topological polar surface area (TPSA) is 82.0 Å². The average Bonchev–Trinajstić information content (AvgIpc) is 3.16. The first kappa shape index (κ1) is 12.8. The standard InChI is InChI=1S/C14H16N6S/c15-14(5-1-2-6-14)8-11-19-20-12(17-18-13(20)21-11)10-4-3-7-16-9-10/h3-4,7,9H,1-2,5-6,8,15H2. The van der Waals surface area contributed by atoms with E-state index in [9.17, 15) is 0 Å². The summed E-state index contributed by atoms with van der Waals surface area (Å²) in [6.07, 6.45) is 8.96. The molecule has 4 rings (SSSR count). The van der Waals surface area contributed by atoms with Crippen LogP contribution >= 0.6 is 11.3 Å². The highest BCUT2D eigenvalue weighted by molar-refractivity contribution is 7.16. The van der Waals surface area contributed by atoms with Gasteiger partial charge in [0, 0.05) is 29.9 Å². The summed E-state index contributed by atoms with van der Waals surface area (Å²) in [5, 5.41) is 14.1. The van der Waals surface area contributed by atoms with E-state index in [1.54, 1.807) is 28.2 Å². The number of nitrogens with two attached hydrogens (primary N) is 1. The summed E-state index contributed by atoms with van der Waals surface area (Å²) in [4.78, 5) is 4.93. The van der Waals surface area contributed by atoms with E-state index in [1.165, 1.54) is 12.8 Å². The molecule has 3 heterocycles. The van der Waals surface area contributed by atoms with Gasteiger partial charge in [-0.05, 0) is 25.0 Å². The Hall–Kier alpha value is -1.86. The molecule has 1 saturated carbocycles. The van der Waals surface area contributed by atoms with E-state index in [-0.39, 0.29) is 5.54 Å². The molecule has 6 nitrogen and oxygen atoms in total. The van der Waals surface area contributed by atoms with E-state index in [4.69, 9.17) is 5.73 Å². The number of pyridine rings is 1. The maximum atomic E-state index is 6.44. The molecule has 1 aliphatic rings. The van der Waals surface area contributed by atoms with Crippen molar-refractivity contribution in [3.05, 3.63) is 29.5 Å². The first-order valence-electron chi connectivity index (χ1n) is 7.14. The highest BCUT2D eigenvalue weighted by Gasteiger charge is 2.31. The number of nitrogens with zero attached hydrogens (tertiary/aromatic N) is 5. The highest BCUT2D eigenvalue weighted by Crippen LogP contribution is 2.32. The van der Waals surface area contributed by atoms with Gasteiger partial charge < -0.3 is 5.73 Å². The van der Waals surface area contributed by atoms with Gasteiger partial charge in [0.05, 0.1) is 0 Å². The Balaban J connectivity index is 1.69. The lowest BCUT2D eigenvalue weighted by Gasteiger charge is -2.21. The Morgan fingerprint density at radius 1 is 1.29 bits per heavy atom. The zero-order valence-electron chi connectivity index (χ0n) is 11.6. The second kappa shape index (κ2) is 4.85. The molecular weight excluding hydrogens is 284 g/mol. The Morgan fingerprint density at radius 3 is 2.90 bits per heavy atom. The Labute approximate surface area is 126 Å². The molecule has 3 aromatic rings. The summed E-state index contributed by atoms with van der Waals surface area (Å²) in [5.41, 5.74) is 7.28. The smallest absolute Gasteiger partial charge is 0.234 e. The van der Waals surface area contributed by atoms with Crippen molar-refractivity contribution in [1.29, 1.82) is 0 Å². The minimum atomic E-state index is -0.0856. The van der Waals surface area contributed by atoms with Crippen LogP contribution in [0.15, 0.2) is 24.5 Å². The number of hydrogen-bond acceptors (Lipinski definition) is 6. The van der Waals surface area contributed by atoms with Crippen LogP contribution in [0, 0.1) is 0 Å². The van der Waals surface area contributed by atoms with Gasteiger partial charge in [0.2, 0.25) is 4.96 Å². The van der Waals surface area contributed by atoms with Crippen LogP contribution < -0.4 is 5.73 Å². The fraction of sp³-hybridized carbons (Fsp3) is 0.429. The van der Waals surface area contributed by atoms with Crippen molar-refractivity contribution in [2.75, 3.05) is 0 Å². The van der Waals surface area contributed by atoms with Gasteiger partial charge in [-0.3, -0.25) is 4.98 Å². The van der Waals surface area contributed by atoms with Gasteiger partial charge in [-0.1, -0.05) is 24.2 Å². The first-order chi connectivity index (χ1) is 10.2. The summed E-state index contributed by atoms with van der Waals surface area (Å²) in [7, 11) is 0. The Bertz CT molecular complexity index is 756. The third-order valence-corrected chi connectivity index (χ3v) is 4.95. The molecule has 0 saturated heterocycles. The van der Waals surface area contributed by atoms with Gasteiger partial charge in [0.15, 0.2) is 5.82 Å². The molecule has 108 valence electrons. The Kier molecular flexibility index (Phi) is 2.97. The maximum absolute atomic E-state index is 6.44. The second-order valence-corrected chi connectivity index (χ2v) is 6.74. The monoisotopic (exact) mass is 300 g/mol. The summed E-state index contributed by atoms with van der Waals surface area (Å²) in [5.74, 6) is 0.734. The quantitative estimate of drug-likeness (QED) is 0.800. The minimum Gasteiger partial charge on any atom is -0.325 e. The van der Waals surface area contributed by atoms with Crippen LogP contribution in [0.5, 0.6) is 0 Å². The highest BCUT2D eigenvalue weighted by atomic mass is 32.1. The fourth-order valence-electron chi connectivity index (χ4n) is 2.96. The molecule has 0 unspecified atom stereocenters. The van der Waals surface area contributed by atoms with E-state index in [2.05, 4.69) is 20.3 Å². The lowest BCUT2D eigenvalue weighted by Crippen LogP contribution is -2.38. The number of hydrogen-bond donors (Lipinski definition) is 1. The van der Waals surface area contributed by atoms with Gasteiger partial charge >= 0.3 is 0 Å². The average molecular weight is 300 g/mol. The van der Waals surface area contributed by atoms with Gasteiger partial charge in [-0.2, -0.15) is 9.61 Å². The van der Waals surface area contributed by atoms with Gasteiger partial charge in [0.1, 0.15) is 5.01 Å². The molecule has 0 radical (unpaired) electrons. The van der Waals surface area contributed by atoms with E-state index in [0.29, 0.717) is 0 Å². The first-order valence-corrected chi connectivity index (χ1v) is 7.96. The van der Waals surface area contributed by atoms with Crippen molar-refractivity contribution in [1.82, 2.24) is 24.8 Å². The summed E-state index contributed by atoms with van der Waals surface area (Å²) in [6.45, 7) is 0. The van der Waals surface area contributed by atoms with Gasteiger partial charge in [-0.25, -0.2) is 0 Å². The minimum absolute atomic E-state index is 0.0856. The van der Waals surface area contributed by atoms with Crippen LogP contribution in [0.4, 0.5) is 0 Å². The molecule has 0 aliphatic heterocycles. The second-order valence-electron chi connectivity index (χ2n) is 5.70. The normalized spacial score (nSPS) is 17.6. The van der Waals surface area contributed by atoms with Gasteiger partial charge in [0.25, 0.3) is 0 Å². The Morgan fingerprint density at radius 2 is 2.14 bits per heavy atom. The summed E-state index contributed by atoms with van der Waals surface area (Å²) >= 11 is 1.58. The fourth-order valence-corrected chi connectivity index (χ4v) is 3.95. The molecule has 1 aliphatic carbocycles. The zero-order valence-corrected chi connectivity index (χ0v) is 12.4. The lowest BCUT2D eigenvalue weighted by molar-refractivity contribution is 0.434. The molecule has 0 spiro atoms. The van der Waals surface area contributed by atoms with Crippen LogP contribution in [0.25, 0.3) is 16.3 Å². The van der Waals surface area contributed by atoms with Crippen molar-refractivity contribution >= 4 is 16.3 Å². The van der Waals surface area contributed by atoms with E-state index in [0.717, 1.165) is 40.6 Å². The molecule has 0 atom stereocenters. The van der Waals surface area contributed by atoms with E-state index in [1.807, 2.05) is 12.1 Å². The maximum Gasteiger partial charge on any atom is 0.234 e. The molecule has 0 aromatic carbocycles. The van der Waals surface area contributed by atoms with Crippen molar-refractivity contribution in [2.45, 2.75) is 37.6 Å². The van der Waals surface area contributed by atoms with Gasteiger partial charge in [-0.15, -0.1) is 10.2 Å². The van der Waals surface area contributed by atoms with Crippen molar-refractivity contribution in [3.63, 3.8) is 0 Å². The van der Waals surface area contributed by atoms with Crippen LogP contribution in [-0.4, -0.2) is 30.3 Å². The van der Waals surface area contributed by atoms with Crippen LogP contribution in [-0.2, 0) is 6.42 Å². The molecule has 2 N–H and O–H groups in total. The predicted octanol–water partition coefficient (Wildman–Crippen LogP) is 2.06. The lowest BCUT2D eigenvalue weighted by atomic mass is 9.95. The summed E-state index contributed by atoms with van der Waals surface area (Å²) in [6, 6.07) is 3.85. The number of rotatable bonds is 3. The van der Waals surface area contributed by atoms with Crippen molar-refractivity contribution in [3.8, 4) is 11.4 Å². The molecule has 21 heavy (non-hydrogen) atoms. The third-order valence-electron chi connectivity index (χ3n) is 4.06. The van der Waals surface area contributed by atoms with Crippen molar-refractivity contribution < 1.29 is 0 Å². The molecule has 1 fully saturated rings. The van der Waals surface area contributed by atoms with Crippen molar-refractivity contribution in [2.24, 2.45) is 5.73 Å². The molecule has 0 amide bonds. The molecule has 0 bridgehead atoms. The van der Waals surface area contributed by atoms with Crippen LogP contribution in [0.1, 0.15) is 30.7 Å². The predicted molar refractivity (Wildman–Crippen MR) is 81.0 cm³/mol. The van der Waals surface area contributed by atoms with E-state index >= 15 is 0 Å². The summed E-state index contributed by atoms with van der Waals surface area (Å²) < 4.78 is 1.80. The number of fused-ring (bicyclic) bond motifs is 1. The van der Waals surface area contributed by atoms with Crippen LogP contribution in [0.3, 0.4) is 0 Å². The molecule has 3 aromatic heterocycles. The van der Waals surface area contributed by atoms with E-state index < -0.39 is 0 Å². The SMILES string of the molecule is NC1(Cc2nn3c(-c4cccnc4)nnc3s2)CCCC1. The number of aromatic nitrogens is 5. The zero-order chi connectivity index (χ0) is 14.3. The molecular formula is C14H16N6S. The third kappa shape index (κ3) is 2.32. The largest absolute Gasteiger partial charge is 0.325 e.